The molecule has 0 bridgehead atoms. The number of hydrogen-bond donors (Lipinski definition) is 1. The molecule has 0 amide bonds. The Morgan fingerprint density at radius 3 is 2.64 bits per heavy atom. The molecule has 1 N–H and O–H groups in total. The first kappa shape index (κ1) is 12.0. The Labute approximate surface area is 88.3 Å². The van der Waals surface area contributed by atoms with E-state index >= 15 is 0 Å². The van der Waals surface area contributed by atoms with E-state index in [0.29, 0.717) is 6.61 Å². The third-order valence-electron chi connectivity index (χ3n) is 3.19. The lowest BCUT2D eigenvalue weighted by molar-refractivity contribution is 0.104. The zero-order valence-corrected chi connectivity index (χ0v) is 9.92. The lowest BCUT2D eigenvalue weighted by Crippen LogP contribution is -2.37. The van der Waals surface area contributed by atoms with Gasteiger partial charge in [0.25, 0.3) is 0 Å². The minimum absolute atomic E-state index is 0.0631. The first-order valence-electron chi connectivity index (χ1n) is 5.87. The van der Waals surface area contributed by atoms with Gasteiger partial charge in [-0.2, -0.15) is 0 Å². The Hall–Kier alpha value is -0.0800. The van der Waals surface area contributed by atoms with Crippen LogP contribution in [0, 0.1) is 11.3 Å². The Bertz CT molecular complexity index is 168. The van der Waals surface area contributed by atoms with Crippen LogP contribution in [0.25, 0.3) is 0 Å². The van der Waals surface area contributed by atoms with Crippen LogP contribution in [0.3, 0.4) is 0 Å². The van der Waals surface area contributed by atoms with Crippen molar-refractivity contribution in [3.8, 4) is 0 Å². The molecule has 0 aliphatic carbocycles. The molecule has 1 fully saturated rings. The summed E-state index contributed by atoms with van der Waals surface area (Å²) in [4.78, 5) is 2.51. The minimum atomic E-state index is 0.0631. The molecule has 2 nitrogen and oxygen atoms in total. The largest absolute Gasteiger partial charge is 0.396 e. The van der Waals surface area contributed by atoms with Gasteiger partial charge in [0.2, 0.25) is 0 Å². The van der Waals surface area contributed by atoms with E-state index in [0.717, 1.165) is 12.5 Å². The van der Waals surface area contributed by atoms with Gasteiger partial charge >= 0.3 is 0 Å². The van der Waals surface area contributed by atoms with Gasteiger partial charge in [0, 0.05) is 18.6 Å². The highest BCUT2D eigenvalue weighted by Gasteiger charge is 2.22. The van der Waals surface area contributed by atoms with Gasteiger partial charge in [-0.05, 0) is 38.3 Å². The first-order chi connectivity index (χ1) is 6.53. The molecular formula is C12H25NO. The molecular weight excluding hydrogens is 174 g/mol. The minimum Gasteiger partial charge on any atom is -0.396 e. The summed E-state index contributed by atoms with van der Waals surface area (Å²) in [5.41, 5.74) is 0.0631. The molecule has 0 spiro atoms. The Kier molecular flexibility index (Phi) is 4.39. The summed E-state index contributed by atoms with van der Waals surface area (Å²) in [5, 5.41) is 9.22. The van der Waals surface area contributed by atoms with E-state index in [-0.39, 0.29) is 5.41 Å². The summed E-state index contributed by atoms with van der Waals surface area (Å²) in [6.07, 6.45) is 4.01. The molecule has 1 saturated heterocycles. The van der Waals surface area contributed by atoms with E-state index < -0.39 is 0 Å². The maximum absolute atomic E-state index is 9.22. The van der Waals surface area contributed by atoms with Crippen molar-refractivity contribution in [2.24, 2.45) is 11.3 Å². The summed E-state index contributed by atoms with van der Waals surface area (Å²) in [6, 6.07) is 0. The molecule has 1 heterocycles. The number of aliphatic hydroxyl groups is 1. The van der Waals surface area contributed by atoms with Crippen LogP contribution in [0.1, 0.15) is 40.0 Å². The lowest BCUT2D eigenvalue weighted by atomic mass is 9.94. The molecule has 2 heteroatoms. The highest BCUT2D eigenvalue weighted by molar-refractivity contribution is 4.75. The molecule has 0 aromatic carbocycles. The molecule has 14 heavy (non-hydrogen) atoms. The van der Waals surface area contributed by atoms with E-state index in [1.54, 1.807) is 0 Å². The second kappa shape index (κ2) is 5.13. The molecule has 0 saturated carbocycles. The lowest BCUT2D eigenvalue weighted by Gasteiger charge is -2.30. The fourth-order valence-electron chi connectivity index (χ4n) is 2.14. The molecule has 1 aliphatic heterocycles. The third-order valence-corrected chi connectivity index (χ3v) is 3.19. The highest BCUT2D eigenvalue weighted by Crippen LogP contribution is 2.21. The van der Waals surface area contributed by atoms with Crippen molar-refractivity contribution in [1.29, 1.82) is 0 Å². The van der Waals surface area contributed by atoms with Crippen LogP contribution in [0.2, 0.25) is 0 Å². The summed E-state index contributed by atoms with van der Waals surface area (Å²) in [6.45, 7) is 10.4. The van der Waals surface area contributed by atoms with E-state index in [2.05, 4.69) is 25.7 Å². The smallest absolute Gasteiger partial charge is 0.0494 e. The Morgan fingerprint density at radius 2 is 2.00 bits per heavy atom. The molecule has 1 atom stereocenters. The third kappa shape index (κ3) is 3.97. The van der Waals surface area contributed by atoms with Gasteiger partial charge in [0.05, 0.1) is 0 Å². The highest BCUT2D eigenvalue weighted by atomic mass is 16.3. The van der Waals surface area contributed by atoms with E-state index in [4.69, 9.17) is 0 Å². The topological polar surface area (TPSA) is 23.5 Å². The van der Waals surface area contributed by atoms with Crippen molar-refractivity contribution in [3.05, 3.63) is 0 Å². The number of nitrogens with zero attached hydrogens (tertiary/aromatic N) is 1. The molecule has 1 rings (SSSR count). The van der Waals surface area contributed by atoms with Gasteiger partial charge in [0.1, 0.15) is 0 Å². The van der Waals surface area contributed by atoms with E-state index in [9.17, 15) is 5.11 Å². The van der Waals surface area contributed by atoms with Crippen LogP contribution in [0.15, 0.2) is 0 Å². The molecule has 1 unspecified atom stereocenters. The summed E-state index contributed by atoms with van der Waals surface area (Å²) in [5.74, 6) is 0.886. The van der Waals surface area contributed by atoms with E-state index in [1.807, 2.05) is 0 Å². The summed E-state index contributed by atoms with van der Waals surface area (Å²) >= 11 is 0. The average molecular weight is 199 g/mol. The van der Waals surface area contributed by atoms with Crippen molar-refractivity contribution in [1.82, 2.24) is 4.90 Å². The number of aliphatic hydroxyl groups excluding tert-OH is 1. The number of rotatable bonds is 3. The maximum atomic E-state index is 9.22. The van der Waals surface area contributed by atoms with Gasteiger partial charge < -0.3 is 10.0 Å². The second-order valence-corrected chi connectivity index (χ2v) is 5.63. The normalized spacial score (nSPS) is 26.1. The van der Waals surface area contributed by atoms with Gasteiger partial charge in [0.15, 0.2) is 0 Å². The zero-order chi connectivity index (χ0) is 10.6. The predicted octanol–water partition coefficient (Wildman–Crippen LogP) is 2.13. The van der Waals surface area contributed by atoms with E-state index in [1.165, 1.54) is 32.4 Å². The second-order valence-electron chi connectivity index (χ2n) is 5.63. The van der Waals surface area contributed by atoms with Crippen LogP contribution in [-0.2, 0) is 0 Å². The van der Waals surface area contributed by atoms with Crippen LogP contribution >= 0.6 is 0 Å². The van der Waals surface area contributed by atoms with Gasteiger partial charge in [-0.1, -0.05) is 20.8 Å². The first-order valence-corrected chi connectivity index (χ1v) is 5.87. The monoisotopic (exact) mass is 199 g/mol. The molecule has 0 radical (unpaired) electrons. The standard InChI is InChI=1S/C12H25NO/c1-11-5-4-7-13(8-6-11)9-12(2,3)10-14/h11,14H,4-10H2,1-3H3. The molecule has 1 aliphatic rings. The van der Waals surface area contributed by atoms with Crippen LogP contribution in [0.4, 0.5) is 0 Å². The van der Waals surface area contributed by atoms with Crippen LogP contribution < -0.4 is 0 Å². The summed E-state index contributed by atoms with van der Waals surface area (Å²) < 4.78 is 0. The SMILES string of the molecule is CC1CCCN(CC(C)(C)CO)CC1. The van der Waals surface area contributed by atoms with Crippen molar-refractivity contribution < 1.29 is 5.11 Å². The van der Waals surface area contributed by atoms with Crippen molar-refractivity contribution in [2.45, 2.75) is 40.0 Å². The average Bonchev–Trinajstić information content (AvgIpc) is 2.31. The van der Waals surface area contributed by atoms with Gasteiger partial charge in [-0.25, -0.2) is 0 Å². The molecule has 0 aromatic rings. The number of likely N-dealkylation sites (tertiary alicyclic amines) is 1. The Balaban J connectivity index is 2.37. The predicted molar refractivity (Wildman–Crippen MR) is 60.3 cm³/mol. The van der Waals surface area contributed by atoms with Crippen molar-refractivity contribution >= 4 is 0 Å². The van der Waals surface area contributed by atoms with Gasteiger partial charge in [-0.15, -0.1) is 0 Å². The number of hydrogen-bond acceptors (Lipinski definition) is 2. The fourth-order valence-corrected chi connectivity index (χ4v) is 2.14. The van der Waals surface area contributed by atoms with Crippen molar-refractivity contribution in [3.63, 3.8) is 0 Å². The fraction of sp³-hybridized carbons (Fsp3) is 1.00. The molecule has 84 valence electrons. The molecule has 0 aromatic heterocycles. The zero-order valence-electron chi connectivity index (χ0n) is 9.92. The van der Waals surface area contributed by atoms with Crippen LogP contribution in [-0.4, -0.2) is 36.2 Å². The quantitative estimate of drug-likeness (QED) is 0.752. The van der Waals surface area contributed by atoms with Gasteiger partial charge in [-0.3, -0.25) is 0 Å². The summed E-state index contributed by atoms with van der Waals surface area (Å²) in [7, 11) is 0. The maximum Gasteiger partial charge on any atom is 0.0494 e. The van der Waals surface area contributed by atoms with Crippen molar-refractivity contribution in [2.75, 3.05) is 26.2 Å². The van der Waals surface area contributed by atoms with Crippen LogP contribution in [0.5, 0.6) is 0 Å². The Morgan fingerprint density at radius 1 is 1.29 bits per heavy atom.